The molecule has 0 aliphatic carbocycles. The van der Waals surface area contributed by atoms with Gasteiger partial charge in [0, 0.05) is 32.1 Å². The summed E-state index contributed by atoms with van der Waals surface area (Å²) in [6.07, 6.45) is 0.348. The van der Waals surface area contributed by atoms with Gasteiger partial charge in [0.2, 0.25) is 5.91 Å². The van der Waals surface area contributed by atoms with Crippen LogP contribution in [-0.2, 0) is 11.3 Å². The summed E-state index contributed by atoms with van der Waals surface area (Å²) < 4.78 is 16.3. The lowest BCUT2D eigenvalue weighted by molar-refractivity contribution is -0.131. The molecule has 0 atom stereocenters. The predicted molar refractivity (Wildman–Crippen MR) is 87.3 cm³/mol. The van der Waals surface area contributed by atoms with Crippen LogP contribution < -0.4 is 0 Å². The van der Waals surface area contributed by atoms with Gasteiger partial charge < -0.3 is 14.5 Å². The molecule has 0 bridgehead atoms. The van der Waals surface area contributed by atoms with Crippen molar-refractivity contribution in [1.82, 2.24) is 14.5 Å². The normalized spacial score (nSPS) is 11.0. The first-order valence-electron chi connectivity index (χ1n) is 6.83. The molecular weight excluding hydrogens is 357 g/mol. The number of carbonyl (C=O) groups excluding carboxylic acids is 1. The molecule has 2 aromatic rings. The average Bonchev–Trinajstić information content (AvgIpc) is 2.73. The maximum Gasteiger partial charge on any atom is 0.224 e. The number of halogens is 2. The minimum Gasteiger partial charge on any atom is -0.343 e. The maximum absolute atomic E-state index is 13.7. The lowest BCUT2D eigenvalue weighted by atomic mass is 10.3. The molecule has 0 aliphatic heterocycles. The van der Waals surface area contributed by atoms with Crippen LogP contribution in [0.3, 0.4) is 0 Å². The van der Waals surface area contributed by atoms with Gasteiger partial charge in [0.1, 0.15) is 5.82 Å². The van der Waals surface area contributed by atoms with Crippen molar-refractivity contribution in [3.05, 3.63) is 27.2 Å². The molecule has 0 saturated carbocycles. The third-order valence-corrected chi connectivity index (χ3v) is 4.41. The summed E-state index contributed by atoms with van der Waals surface area (Å²) >= 11 is 8.41. The molecular formula is C14H17BrFN3OS. The van der Waals surface area contributed by atoms with Gasteiger partial charge >= 0.3 is 0 Å². The van der Waals surface area contributed by atoms with Crippen LogP contribution in [0.1, 0.15) is 20.3 Å². The van der Waals surface area contributed by atoms with Crippen LogP contribution in [-0.4, -0.2) is 33.4 Å². The van der Waals surface area contributed by atoms with Crippen LogP contribution in [0.25, 0.3) is 11.0 Å². The number of fused-ring (bicyclic) bond motifs is 1. The number of rotatable bonds is 5. The summed E-state index contributed by atoms with van der Waals surface area (Å²) in [5.74, 6) is -0.269. The highest BCUT2D eigenvalue weighted by Gasteiger charge is 2.13. The van der Waals surface area contributed by atoms with Crippen LogP contribution in [0.15, 0.2) is 16.6 Å². The average molecular weight is 374 g/mol. The highest BCUT2D eigenvalue weighted by Crippen LogP contribution is 2.23. The van der Waals surface area contributed by atoms with E-state index in [0.29, 0.717) is 40.8 Å². The summed E-state index contributed by atoms with van der Waals surface area (Å²) in [5, 5.41) is 0. The quantitative estimate of drug-likeness (QED) is 0.808. The van der Waals surface area contributed by atoms with Crippen LogP contribution in [0.5, 0.6) is 0 Å². The van der Waals surface area contributed by atoms with E-state index in [9.17, 15) is 9.18 Å². The van der Waals surface area contributed by atoms with Gasteiger partial charge in [0.05, 0.1) is 15.5 Å². The standard InChI is InChI=1S/C14H17BrFN3OS/c1-3-18(4-2)13(20)5-6-19-12-8-10(16)9(15)7-11(12)17-14(19)21/h7-8H,3-6H2,1-2H3,(H,17,21). The third-order valence-electron chi connectivity index (χ3n) is 3.48. The Balaban J connectivity index is 2.27. The number of aromatic nitrogens is 2. The lowest BCUT2D eigenvalue weighted by Gasteiger charge is -2.18. The summed E-state index contributed by atoms with van der Waals surface area (Å²) in [7, 11) is 0. The van der Waals surface area contributed by atoms with Gasteiger partial charge in [-0.3, -0.25) is 4.79 Å². The van der Waals surface area contributed by atoms with Gasteiger partial charge in [-0.15, -0.1) is 0 Å². The Morgan fingerprint density at radius 2 is 2.10 bits per heavy atom. The summed E-state index contributed by atoms with van der Waals surface area (Å²) in [6, 6.07) is 3.08. The van der Waals surface area contributed by atoms with E-state index >= 15 is 0 Å². The molecule has 0 spiro atoms. The van der Waals surface area contributed by atoms with Gasteiger partial charge in [-0.2, -0.15) is 0 Å². The summed E-state index contributed by atoms with van der Waals surface area (Å²) in [4.78, 5) is 16.9. The number of carbonyl (C=O) groups is 1. The van der Waals surface area contributed by atoms with E-state index in [0.717, 1.165) is 5.52 Å². The molecule has 114 valence electrons. The molecule has 0 aliphatic rings. The van der Waals surface area contributed by atoms with Gasteiger partial charge in [-0.1, -0.05) is 0 Å². The van der Waals surface area contributed by atoms with E-state index in [-0.39, 0.29) is 11.7 Å². The molecule has 1 aromatic heterocycles. The van der Waals surface area contributed by atoms with Crippen LogP contribution in [0, 0.1) is 10.6 Å². The number of benzene rings is 1. The van der Waals surface area contributed by atoms with E-state index in [1.807, 2.05) is 13.8 Å². The Bertz CT molecular complexity index is 721. The van der Waals surface area contributed by atoms with Gasteiger partial charge in [-0.05, 0) is 48.1 Å². The molecule has 1 heterocycles. The Morgan fingerprint density at radius 1 is 1.43 bits per heavy atom. The van der Waals surface area contributed by atoms with Crippen LogP contribution >= 0.6 is 28.1 Å². The lowest BCUT2D eigenvalue weighted by Crippen LogP contribution is -2.31. The first-order chi connectivity index (χ1) is 9.97. The Kier molecular flexibility index (Phi) is 5.16. The maximum atomic E-state index is 13.7. The van der Waals surface area contributed by atoms with E-state index in [1.165, 1.54) is 6.07 Å². The number of imidazole rings is 1. The molecule has 1 amide bonds. The summed E-state index contributed by atoms with van der Waals surface area (Å²) in [6.45, 7) is 5.72. The van der Waals surface area contributed by atoms with Crippen molar-refractivity contribution in [2.24, 2.45) is 0 Å². The second-order valence-electron chi connectivity index (χ2n) is 4.68. The van der Waals surface area contributed by atoms with Crippen LogP contribution in [0.2, 0.25) is 0 Å². The second kappa shape index (κ2) is 6.70. The molecule has 0 saturated heterocycles. The Morgan fingerprint density at radius 3 is 2.71 bits per heavy atom. The van der Waals surface area contributed by atoms with Gasteiger partial charge in [0.25, 0.3) is 0 Å². The number of H-pyrrole nitrogens is 1. The number of nitrogens with zero attached hydrogens (tertiary/aromatic N) is 2. The molecule has 1 aromatic carbocycles. The minimum absolute atomic E-state index is 0.0776. The zero-order valence-corrected chi connectivity index (χ0v) is 14.4. The van der Waals surface area contributed by atoms with Crippen molar-refractivity contribution in [1.29, 1.82) is 0 Å². The highest BCUT2D eigenvalue weighted by atomic mass is 79.9. The van der Waals surface area contributed by atoms with Crippen molar-refractivity contribution in [3.63, 3.8) is 0 Å². The Hall–Kier alpha value is -1.21. The van der Waals surface area contributed by atoms with Crippen molar-refractivity contribution in [2.45, 2.75) is 26.8 Å². The summed E-state index contributed by atoms with van der Waals surface area (Å²) in [5.41, 5.74) is 1.43. The second-order valence-corrected chi connectivity index (χ2v) is 5.92. The largest absolute Gasteiger partial charge is 0.343 e. The number of aryl methyl sites for hydroxylation is 1. The first kappa shape index (κ1) is 16.2. The van der Waals surface area contributed by atoms with E-state index < -0.39 is 0 Å². The fraction of sp³-hybridized carbons (Fsp3) is 0.429. The molecule has 2 rings (SSSR count). The Labute approximate surface area is 136 Å². The van der Waals surface area contributed by atoms with Crippen molar-refractivity contribution in [3.8, 4) is 0 Å². The minimum atomic E-state index is -0.347. The molecule has 21 heavy (non-hydrogen) atoms. The van der Waals surface area contributed by atoms with Crippen molar-refractivity contribution in [2.75, 3.05) is 13.1 Å². The topological polar surface area (TPSA) is 41.0 Å². The van der Waals surface area contributed by atoms with Gasteiger partial charge in [-0.25, -0.2) is 4.39 Å². The van der Waals surface area contributed by atoms with E-state index in [1.54, 1.807) is 15.5 Å². The number of aromatic amines is 1. The molecule has 0 radical (unpaired) electrons. The number of nitrogens with one attached hydrogen (secondary N) is 1. The fourth-order valence-corrected chi connectivity index (χ4v) is 2.96. The number of hydrogen-bond acceptors (Lipinski definition) is 2. The molecule has 0 fully saturated rings. The van der Waals surface area contributed by atoms with E-state index in [2.05, 4.69) is 20.9 Å². The highest BCUT2D eigenvalue weighted by molar-refractivity contribution is 9.10. The monoisotopic (exact) mass is 373 g/mol. The van der Waals surface area contributed by atoms with E-state index in [4.69, 9.17) is 12.2 Å². The van der Waals surface area contributed by atoms with Crippen LogP contribution in [0.4, 0.5) is 4.39 Å². The number of hydrogen-bond donors (Lipinski definition) is 1. The van der Waals surface area contributed by atoms with Crippen molar-refractivity contribution >= 4 is 45.1 Å². The van der Waals surface area contributed by atoms with Crippen molar-refractivity contribution < 1.29 is 9.18 Å². The molecule has 1 N–H and O–H groups in total. The first-order valence-corrected chi connectivity index (χ1v) is 8.03. The number of amides is 1. The third kappa shape index (κ3) is 3.35. The van der Waals surface area contributed by atoms with Gasteiger partial charge in [0.15, 0.2) is 4.77 Å². The smallest absolute Gasteiger partial charge is 0.224 e. The zero-order valence-electron chi connectivity index (χ0n) is 11.9. The molecule has 0 unspecified atom stereocenters. The predicted octanol–water partition coefficient (Wildman–Crippen LogP) is 3.86. The SMILES string of the molecule is CCN(CC)C(=O)CCn1c(=S)[nH]c2cc(Br)c(F)cc21. The molecule has 4 nitrogen and oxygen atoms in total. The zero-order chi connectivity index (χ0) is 15.6. The molecule has 7 heteroatoms. The fourth-order valence-electron chi connectivity index (χ4n) is 2.32.